The lowest BCUT2D eigenvalue weighted by atomic mass is 9.76. The number of benzene rings is 3. The standard InChI is InChI=1S/C29H31N3O/c33-22-29(16-14-23-8-2-1-3-9-23)15-7-17-32(21-29)20-24-18-30-28(31-19-24)27-13-6-11-25-10-4-5-12-26(25)27/h1-6,8-13,18-19,33H,7,14-17,20-22H2/t29-/m1/s1. The fourth-order valence-corrected chi connectivity index (χ4v) is 5.17. The molecule has 4 nitrogen and oxygen atoms in total. The largest absolute Gasteiger partial charge is 0.396 e. The van der Waals surface area contributed by atoms with Crippen LogP contribution in [0, 0.1) is 5.41 Å². The lowest BCUT2D eigenvalue weighted by Crippen LogP contribution is -2.45. The first-order valence-electron chi connectivity index (χ1n) is 11.9. The Labute approximate surface area is 195 Å². The molecule has 33 heavy (non-hydrogen) atoms. The Morgan fingerprint density at radius 1 is 0.848 bits per heavy atom. The van der Waals surface area contributed by atoms with E-state index in [2.05, 4.69) is 77.7 Å². The van der Waals surface area contributed by atoms with Crippen LogP contribution in [0.3, 0.4) is 0 Å². The summed E-state index contributed by atoms with van der Waals surface area (Å²) in [4.78, 5) is 11.9. The quantitative estimate of drug-likeness (QED) is 0.414. The topological polar surface area (TPSA) is 49.2 Å². The first-order valence-corrected chi connectivity index (χ1v) is 11.9. The number of hydrogen-bond donors (Lipinski definition) is 1. The molecule has 0 saturated carbocycles. The molecule has 0 amide bonds. The third-order valence-electron chi connectivity index (χ3n) is 7.00. The van der Waals surface area contributed by atoms with Gasteiger partial charge in [0.25, 0.3) is 0 Å². The normalized spacial score (nSPS) is 19.1. The summed E-state index contributed by atoms with van der Waals surface area (Å²) < 4.78 is 0. The number of likely N-dealkylation sites (tertiary alicyclic amines) is 1. The van der Waals surface area contributed by atoms with Crippen molar-refractivity contribution in [2.45, 2.75) is 32.2 Å². The lowest BCUT2D eigenvalue weighted by Gasteiger charge is -2.42. The van der Waals surface area contributed by atoms with Gasteiger partial charge in [-0.15, -0.1) is 0 Å². The SMILES string of the molecule is OC[C@@]1(CCc2ccccc2)CCCN(Cc2cnc(-c3cccc4ccccc34)nc2)C1. The van der Waals surface area contributed by atoms with Gasteiger partial charge >= 0.3 is 0 Å². The van der Waals surface area contributed by atoms with Crippen molar-refractivity contribution in [3.05, 3.63) is 96.3 Å². The van der Waals surface area contributed by atoms with Crippen LogP contribution >= 0.6 is 0 Å². The van der Waals surface area contributed by atoms with Gasteiger partial charge in [0.05, 0.1) is 0 Å². The predicted octanol–water partition coefficient (Wildman–Crippen LogP) is 5.50. The zero-order chi connectivity index (χ0) is 22.5. The van der Waals surface area contributed by atoms with Crippen LogP contribution in [0.2, 0.25) is 0 Å². The van der Waals surface area contributed by atoms with Crippen LogP contribution in [0.1, 0.15) is 30.4 Å². The van der Waals surface area contributed by atoms with Crippen molar-refractivity contribution in [1.82, 2.24) is 14.9 Å². The van der Waals surface area contributed by atoms with Crippen LogP contribution in [-0.2, 0) is 13.0 Å². The average Bonchev–Trinajstić information content (AvgIpc) is 2.88. The monoisotopic (exact) mass is 437 g/mol. The van der Waals surface area contributed by atoms with Gasteiger partial charge in [-0.1, -0.05) is 72.8 Å². The Kier molecular flexibility index (Phi) is 6.47. The Bertz CT molecular complexity index is 1190. The summed E-state index contributed by atoms with van der Waals surface area (Å²) in [6.07, 6.45) is 8.15. The molecule has 1 fully saturated rings. The van der Waals surface area contributed by atoms with Crippen molar-refractivity contribution in [2.24, 2.45) is 5.41 Å². The van der Waals surface area contributed by atoms with Gasteiger partial charge < -0.3 is 5.11 Å². The summed E-state index contributed by atoms with van der Waals surface area (Å²) in [6.45, 7) is 3.04. The number of aliphatic hydroxyl groups excluding tert-OH is 1. The molecule has 1 saturated heterocycles. The molecule has 5 rings (SSSR count). The molecule has 4 aromatic rings. The average molecular weight is 438 g/mol. The number of hydrogen-bond acceptors (Lipinski definition) is 4. The summed E-state index contributed by atoms with van der Waals surface area (Å²) in [5.74, 6) is 0.766. The van der Waals surface area contributed by atoms with Crippen LogP contribution in [-0.4, -0.2) is 39.7 Å². The minimum absolute atomic E-state index is 0.0299. The predicted molar refractivity (Wildman–Crippen MR) is 134 cm³/mol. The van der Waals surface area contributed by atoms with E-state index in [1.54, 1.807) is 0 Å². The number of fused-ring (bicyclic) bond motifs is 1. The molecule has 168 valence electrons. The molecule has 1 aliphatic rings. The van der Waals surface area contributed by atoms with Crippen LogP contribution < -0.4 is 0 Å². The summed E-state index contributed by atoms with van der Waals surface area (Å²) in [5.41, 5.74) is 3.51. The Morgan fingerprint density at radius 3 is 2.42 bits per heavy atom. The molecule has 0 radical (unpaired) electrons. The van der Waals surface area contributed by atoms with Crippen LogP contribution in [0.15, 0.2) is 85.2 Å². The molecule has 0 spiro atoms. The molecule has 1 aromatic heterocycles. The van der Waals surface area contributed by atoms with Crippen molar-refractivity contribution in [2.75, 3.05) is 19.7 Å². The number of piperidine rings is 1. The molecule has 0 bridgehead atoms. The van der Waals surface area contributed by atoms with Crippen LogP contribution in [0.25, 0.3) is 22.2 Å². The van der Waals surface area contributed by atoms with E-state index in [4.69, 9.17) is 9.97 Å². The molecule has 0 aliphatic carbocycles. The van der Waals surface area contributed by atoms with Crippen LogP contribution in [0.4, 0.5) is 0 Å². The zero-order valence-electron chi connectivity index (χ0n) is 19.0. The second kappa shape index (κ2) is 9.82. The molecule has 1 atom stereocenters. The molecule has 2 heterocycles. The highest BCUT2D eigenvalue weighted by atomic mass is 16.3. The van der Waals surface area contributed by atoms with Gasteiger partial charge in [0.1, 0.15) is 0 Å². The Balaban J connectivity index is 1.27. The highest BCUT2D eigenvalue weighted by Gasteiger charge is 2.34. The van der Waals surface area contributed by atoms with Crippen molar-refractivity contribution >= 4 is 10.8 Å². The smallest absolute Gasteiger partial charge is 0.159 e. The molecule has 1 N–H and O–H groups in total. The minimum Gasteiger partial charge on any atom is -0.396 e. The van der Waals surface area contributed by atoms with Gasteiger partial charge in [-0.2, -0.15) is 0 Å². The molecule has 1 aliphatic heterocycles. The summed E-state index contributed by atoms with van der Waals surface area (Å²) in [6, 6.07) is 25.2. The van der Waals surface area contributed by atoms with E-state index < -0.39 is 0 Å². The van der Waals surface area contributed by atoms with Crippen LogP contribution in [0.5, 0.6) is 0 Å². The van der Waals surface area contributed by atoms with Crippen molar-refractivity contribution in [3.63, 3.8) is 0 Å². The number of nitrogens with zero attached hydrogens (tertiary/aromatic N) is 3. The Hall–Kier alpha value is -3.08. The van der Waals surface area contributed by atoms with Crippen molar-refractivity contribution in [1.29, 1.82) is 0 Å². The van der Waals surface area contributed by atoms with E-state index in [-0.39, 0.29) is 12.0 Å². The lowest BCUT2D eigenvalue weighted by molar-refractivity contribution is 0.0223. The maximum absolute atomic E-state index is 10.3. The second-order valence-electron chi connectivity index (χ2n) is 9.40. The second-order valence-corrected chi connectivity index (χ2v) is 9.40. The fraction of sp³-hybridized carbons (Fsp3) is 0.310. The van der Waals surface area contributed by atoms with Crippen molar-refractivity contribution < 1.29 is 5.11 Å². The summed E-state index contributed by atoms with van der Waals surface area (Å²) >= 11 is 0. The summed E-state index contributed by atoms with van der Waals surface area (Å²) in [7, 11) is 0. The van der Waals surface area contributed by atoms with Gasteiger partial charge in [-0.25, -0.2) is 9.97 Å². The summed E-state index contributed by atoms with van der Waals surface area (Å²) in [5, 5.41) is 12.7. The first kappa shape index (κ1) is 21.7. The van der Waals surface area contributed by atoms with Crippen molar-refractivity contribution in [3.8, 4) is 11.4 Å². The van der Waals surface area contributed by atoms with E-state index in [0.717, 1.165) is 62.3 Å². The third-order valence-corrected chi connectivity index (χ3v) is 7.00. The molecule has 0 unspecified atom stereocenters. The molecular formula is C29H31N3O. The van der Waals surface area contributed by atoms with Gasteiger partial charge in [0.15, 0.2) is 5.82 Å². The van der Waals surface area contributed by atoms with Gasteiger partial charge in [-0.05, 0) is 48.6 Å². The van der Waals surface area contributed by atoms with Gasteiger partial charge in [0, 0.05) is 48.6 Å². The van der Waals surface area contributed by atoms with E-state index in [1.165, 1.54) is 16.3 Å². The van der Waals surface area contributed by atoms with E-state index in [9.17, 15) is 5.11 Å². The number of aromatic nitrogens is 2. The van der Waals surface area contributed by atoms with E-state index in [0.29, 0.717) is 0 Å². The zero-order valence-corrected chi connectivity index (χ0v) is 19.0. The maximum Gasteiger partial charge on any atom is 0.159 e. The van der Waals surface area contributed by atoms with Gasteiger partial charge in [-0.3, -0.25) is 4.90 Å². The minimum atomic E-state index is -0.0299. The van der Waals surface area contributed by atoms with E-state index in [1.807, 2.05) is 12.4 Å². The Morgan fingerprint density at radius 2 is 1.61 bits per heavy atom. The number of rotatable bonds is 7. The molecular weight excluding hydrogens is 406 g/mol. The highest BCUT2D eigenvalue weighted by molar-refractivity contribution is 5.94. The third kappa shape index (κ3) is 4.97. The van der Waals surface area contributed by atoms with Gasteiger partial charge in [0.2, 0.25) is 0 Å². The first-order chi connectivity index (χ1) is 16.2. The fourth-order valence-electron chi connectivity index (χ4n) is 5.17. The molecule has 4 heteroatoms. The number of aryl methyl sites for hydroxylation is 1. The number of aliphatic hydroxyl groups is 1. The van der Waals surface area contributed by atoms with E-state index >= 15 is 0 Å². The maximum atomic E-state index is 10.3. The highest BCUT2D eigenvalue weighted by Crippen LogP contribution is 2.35. The molecule has 3 aromatic carbocycles.